The summed E-state index contributed by atoms with van der Waals surface area (Å²) in [6.07, 6.45) is 3.73. The van der Waals surface area contributed by atoms with E-state index in [1.165, 1.54) is 6.42 Å². The molecule has 0 heterocycles. The normalized spacial score (nSPS) is 27.9. The summed E-state index contributed by atoms with van der Waals surface area (Å²) in [5.41, 5.74) is 0. The third kappa shape index (κ3) is 5.02. The van der Waals surface area contributed by atoms with E-state index in [0.29, 0.717) is 18.3 Å². The summed E-state index contributed by atoms with van der Waals surface area (Å²) < 4.78 is 0. The third-order valence-corrected chi connectivity index (χ3v) is 4.33. The molecule has 0 saturated heterocycles. The molecule has 0 aromatic carbocycles. The van der Waals surface area contributed by atoms with Gasteiger partial charge in [-0.15, -0.1) is 0 Å². The Morgan fingerprint density at radius 1 is 1.25 bits per heavy atom. The van der Waals surface area contributed by atoms with Crippen molar-refractivity contribution in [3.05, 3.63) is 0 Å². The highest BCUT2D eigenvalue weighted by atomic mass is 16.4. The number of carboxylic acid groups (broad SMARTS) is 1. The van der Waals surface area contributed by atoms with Crippen molar-refractivity contribution in [1.82, 2.24) is 10.6 Å². The second-order valence-corrected chi connectivity index (χ2v) is 6.51. The maximum atomic E-state index is 12.0. The topological polar surface area (TPSA) is 78.4 Å². The van der Waals surface area contributed by atoms with Crippen LogP contribution in [0.5, 0.6) is 0 Å². The Morgan fingerprint density at radius 2 is 1.90 bits per heavy atom. The van der Waals surface area contributed by atoms with Crippen molar-refractivity contribution >= 4 is 12.0 Å². The summed E-state index contributed by atoms with van der Waals surface area (Å²) in [5.74, 6) is 0.284. The average molecular weight is 284 g/mol. The molecule has 1 saturated carbocycles. The summed E-state index contributed by atoms with van der Waals surface area (Å²) in [7, 11) is 0. The predicted molar refractivity (Wildman–Crippen MR) is 78.5 cm³/mol. The highest BCUT2D eigenvalue weighted by molar-refractivity contribution is 5.82. The number of carbonyl (C=O) groups excluding carboxylic acids is 1. The minimum Gasteiger partial charge on any atom is -0.480 e. The van der Waals surface area contributed by atoms with Crippen molar-refractivity contribution in [2.24, 2.45) is 17.8 Å². The molecule has 3 N–H and O–H groups in total. The fourth-order valence-electron chi connectivity index (χ4n) is 2.85. The Hall–Kier alpha value is -1.26. The van der Waals surface area contributed by atoms with Gasteiger partial charge in [0, 0.05) is 6.04 Å². The van der Waals surface area contributed by atoms with E-state index in [2.05, 4.69) is 24.5 Å². The molecule has 1 aliphatic carbocycles. The van der Waals surface area contributed by atoms with Crippen LogP contribution in [-0.4, -0.2) is 29.2 Å². The lowest BCUT2D eigenvalue weighted by Crippen LogP contribution is -2.52. The van der Waals surface area contributed by atoms with Crippen LogP contribution in [0.3, 0.4) is 0 Å². The molecule has 0 spiro atoms. The summed E-state index contributed by atoms with van der Waals surface area (Å²) in [6, 6.07) is -1.03. The van der Waals surface area contributed by atoms with Gasteiger partial charge in [0.15, 0.2) is 0 Å². The molecule has 0 aromatic rings. The Balaban J connectivity index is 2.50. The maximum Gasteiger partial charge on any atom is 0.326 e. The largest absolute Gasteiger partial charge is 0.480 e. The van der Waals surface area contributed by atoms with E-state index < -0.39 is 12.0 Å². The van der Waals surface area contributed by atoms with Crippen LogP contribution in [0.15, 0.2) is 0 Å². The zero-order chi connectivity index (χ0) is 15.3. The van der Waals surface area contributed by atoms with Gasteiger partial charge in [0.2, 0.25) is 0 Å². The zero-order valence-corrected chi connectivity index (χ0v) is 13.0. The van der Waals surface area contributed by atoms with E-state index in [4.69, 9.17) is 5.11 Å². The number of urea groups is 1. The number of hydrogen-bond donors (Lipinski definition) is 3. The molecular formula is C15H28N2O3. The molecule has 2 amide bonds. The Labute approximate surface area is 121 Å². The van der Waals surface area contributed by atoms with Crippen molar-refractivity contribution in [2.45, 2.75) is 65.5 Å². The van der Waals surface area contributed by atoms with E-state index >= 15 is 0 Å². The van der Waals surface area contributed by atoms with Crippen LogP contribution < -0.4 is 10.6 Å². The molecule has 1 rings (SSSR count). The molecule has 5 heteroatoms. The predicted octanol–water partition coefficient (Wildman–Crippen LogP) is 2.61. The van der Waals surface area contributed by atoms with Gasteiger partial charge in [0.1, 0.15) is 6.04 Å². The fraction of sp³-hybridized carbons (Fsp3) is 0.867. The van der Waals surface area contributed by atoms with Crippen molar-refractivity contribution in [3.63, 3.8) is 0 Å². The molecular weight excluding hydrogens is 256 g/mol. The van der Waals surface area contributed by atoms with E-state index in [1.54, 1.807) is 0 Å². The van der Waals surface area contributed by atoms with Crippen LogP contribution in [0.1, 0.15) is 53.4 Å². The van der Waals surface area contributed by atoms with Gasteiger partial charge in [0.25, 0.3) is 0 Å². The number of aliphatic carboxylic acids is 1. The fourth-order valence-corrected chi connectivity index (χ4v) is 2.85. The number of carbonyl (C=O) groups is 2. The van der Waals surface area contributed by atoms with Gasteiger partial charge >= 0.3 is 12.0 Å². The number of nitrogens with one attached hydrogen (secondary N) is 2. The molecule has 5 nitrogen and oxygen atoms in total. The molecule has 4 atom stereocenters. The Bertz CT molecular complexity index is 344. The van der Waals surface area contributed by atoms with E-state index in [1.807, 2.05) is 13.8 Å². The lowest BCUT2D eigenvalue weighted by molar-refractivity contribution is -0.139. The first kappa shape index (κ1) is 16.8. The molecule has 1 aliphatic rings. The highest BCUT2D eigenvalue weighted by Crippen LogP contribution is 2.29. The lowest BCUT2D eigenvalue weighted by atomic mass is 9.78. The van der Waals surface area contributed by atoms with E-state index in [-0.39, 0.29) is 18.0 Å². The minimum atomic E-state index is -0.973. The molecule has 0 aliphatic heterocycles. The van der Waals surface area contributed by atoms with Crippen molar-refractivity contribution < 1.29 is 14.7 Å². The molecule has 0 aromatic heterocycles. The first-order chi connectivity index (χ1) is 9.31. The van der Waals surface area contributed by atoms with Crippen molar-refractivity contribution in [1.29, 1.82) is 0 Å². The molecule has 0 bridgehead atoms. The van der Waals surface area contributed by atoms with Gasteiger partial charge in [-0.25, -0.2) is 9.59 Å². The van der Waals surface area contributed by atoms with Gasteiger partial charge in [-0.3, -0.25) is 0 Å². The van der Waals surface area contributed by atoms with Gasteiger partial charge in [-0.2, -0.15) is 0 Å². The van der Waals surface area contributed by atoms with E-state index in [9.17, 15) is 9.59 Å². The first-order valence-corrected chi connectivity index (χ1v) is 7.61. The number of rotatable bonds is 5. The van der Waals surface area contributed by atoms with Gasteiger partial charge < -0.3 is 15.7 Å². The summed E-state index contributed by atoms with van der Waals surface area (Å²) in [5, 5.41) is 14.7. The second-order valence-electron chi connectivity index (χ2n) is 6.51. The quantitative estimate of drug-likeness (QED) is 0.726. The Morgan fingerprint density at radius 3 is 2.45 bits per heavy atom. The van der Waals surface area contributed by atoms with Crippen molar-refractivity contribution in [3.8, 4) is 0 Å². The SMILES string of the molecule is CC(C)C[C@@H](NC(=O)NC1CCCC(C)C1C)C(=O)O. The van der Waals surface area contributed by atoms with Crippen LogP contribution in [0.25, 0.3) is 0 Å². The van der Waals surface area contributed by atoms with Crippen LogP contribution in [-0.2, 0) is 4.79 Å². The molecule has 3 unspecified atom stereocenters. The summed E-state index contributed by atoms with van der Waals surface area (Å²) in [6.45, 7) is 8.24. The molecule has 1 fully saturated rings. The summed E-state index contributed by atoms with van der Waals surface area (Å²) >= 11 is 0. The minimum absolute atomic E-state index is 0.146. The average Bonchev–Trinajstić information content (AvgIpc) is 2.33. The zero-order valence-electron chi connectivity index (χ0n) is 13.0. The van der Waals surface area contributed by atoms with Crippen LogP contribution in [0, 0.1) is 17.8 Å². The monoisotopic (exact) mass is 284 g/mol. The van der Waals surface area contributed by atoms with E-state index in [0.717, 1.165) is 12.8 Å². The van der Waals surface area contributed by atoms with Gasteiger partial charge in [0.05, 0.1) is 0 Å². The number of hydrogen-bond acceptors (Lipinski definition) is 2. The molecule has 0 radical (unpaired) electrons. The molecule has 116 valence electrons. The van der Waals surface area contributed by atoms with Crippen LogP contribution in [0.4, 0.5) is 4.79 Å². The lowest BCUT2D eigenvalue weighted by Gasteiger charge is -2.34. The Kier molecular flexibility index (Phi) is 6.30. The highest BCUT2D eigenvalue weighted by Gasteiger charge is 2.29. The summed E-state index contributed by atoms with van der Waals surface area (Å²) in [4.78, 5) is 23.1. The van der Waals surface area contributed by atoms with Crippen LogP contribution >= 0.6 is 0 Å². The standard InChI is InChI=1S/C15H28N2O3/c1-9(2)8-13(14(18)19)17-15(20)16-12-7-5-6-10(3)11(12)4/h9-13H,5-8H2,1-4H3,(H,18,19)(H2,16,17,20)/t10?,11?,12?,13-/m1/s1. The van der Waals surface area contributed by atoms with Gasteiger partial charge in [-0.1, -0.05) is 40.5 Å². The van der Waals surface area contributed by atoms with Gasteiger partial charge in [-0.05, 0) is 30.6 Å². The maximum absolute atomic E-state index is 12.0. The van der Waals surface area contributed by atoms with Crippen molar-refractivity contribution in [2.75, 3.05) is 0 Å². The smallest absolute Gasteiger partial charge is 0.326 e. The first-order valence-electron chi connectivity index (χ1n) is 7.61. The third-order valence-electron chi connectivity index (χ3n) is 4.33. The number of carboxylic acids is 1. The van der Waals surface area contributed by atoms with Crippen LogP contribution in [0.2, 0.25) is 0 Å². The second kappa shape index (κ2) is 7.50. The number of amides is 2. The molecule has 20 heavy (non-hydrogen) atoms.